The van der Waals surface area contributed by atoms with Crippen molar-refractivity contribution in [3.05, 3.63) is 29.3 Å². The molecule has 3 nitrogen and oxygen atoms in total. The van der Waals surface area contributed by atoms with E-state index in [1.165, 1.54) is 11.1 Å². The first kappa shape index (κ1) is 12.0. The number of benzene rings is 1. The Balaban J connectivity index is 2.45. The van der Waals surface area contributed by atoms with Crippen molar-refractivity contribution < 1.29 is 4.74 Å². The van der Waals surface area contributed by atoms with Crippen LogP contribution in [0.4, 0.5) is 0 Å². The van der Waals surface area contributed by atoms with E-state index < -0.39 is 0 Å². The second-order valence-corrected chi connectivity index (χ2v) is 3.58. The number of nitrogens with one attached hydrogen (secondary N) is 2. The molecule has 0 radical (unpaired) electrons. The molecule has 0 heterocycles. The van der Waals surface area contributed by atoms with Gasteiger partial charge in [-0.1, -0.05) is 12.1 Å². The van der Waals surface area contributed by atoms with Gasteiger partial charge in [-0.3, -0.25) is 0 Å². The van der Waals surface area contributed by atoms with Crippen molar-refractivity contribution in [3.63, 3.8) is 0 Å². The number of aryl methyl sites for hydroxylation is 1. The fourth-order valence-corrected chi connectivity index (χ4v) is 1.50. The van der Waals surface area contributed by atoms with Gasteiger partial charge in [0.2, 0.25) is 0 Å². The average molecular weight is 208 g/mol. The van der Waals surface area contributed by atoms with Gasteiger partial charge in [-0.15, -0.1) is 0 Å². The summed E-state index contributed by atoms with van der Waals surface area (Å²) in [5, 5.41) is 6.47. The third-order valence-corrected chi connectivity index (χ3v) is 2.34. The van der Waals surface area contributed by atoms with Crippen molar-refractivity contribution >= 4 is 0 Å². The van der Waals surface area contributed by atoms with Gasteiger partial charge in [0.25, 0.3) is 0 Å². The largest absolute Gasteiger partial charge is 0.496 e. The van der Waals surface area contributed by atoms with Gasteiger partial charge >= 0.3 is 0 Å². The standard InChI is InChI=1S/C12H20N2O/c1-10-8-11(4-5-12(10)15-3)9-14-7-6-13-2/h4-5,8,13-14H,6-7,9H2,1-3H3. The molecule has 0 spiro atoms. The van der Waals surface area contributed by atoms with Crippen LogP contribution in [0.1, 0.15) is 11.1 Å². The number of ether oxygens (including phenoxy) is 1. The van der Waals surface area contributed by atoms with E-state index in [0.29, 0.717) is 0 Å². The molecule has 0 saturated heterocycles. The molecule has 0 amide bonds. The maximum absolute atomic E-state index is 5.21. The van der Waals surface area contributed by atoms with Crippen LogP contribution in [-0.2, 0) is 6.54 Å². The summed E-state index contributed by atoms with van der Waals surface area (Å²) in [6.07, 6.45) is 0. The zero-order valence-corrected chi connectivity index (χ0v) is 9.76. The van der Waals surface area contributed by atoms with Crippen molar-refractivity contribution in [2.24, 2.45) is 0 Å². The summed E-state index contributed by atoms with van der Waals surface area (Å²) in [5.74, 6) is 0.953. The highest BCUT2D eigenvalue weighted by molar-refractivity contribution is 5.36. The molecule has 0 aliphatic rings. The molecule has 0 aliphatic heterocycles. The lowest BCUT2D eigenvalue weighted by Crippen LogP contribution is -2.24. The normalized spacial score (nSPS) is 10.3. The Morgan fingerprint density at radius 1 is 1.27 bits per heavy atom. The van der Waals surface area contributed by atoms with Crippen LogP contribution in [0.15, 0.2) is 18.2 Å². The van der Waals surface area contributed by atoms with Crippen molar-refractivity contribution in [3.8, 4) is 5.75 Å². The third-order valence-electron chi connectivity index (χ3n) is 2.34. The average Bonchev–Trinajstić information content (AvgIpc) is 2.25. The quantitative estimate of drug-likeness (QED) is 0.692. The minimum absolute atomic E-state index is 0.909. The highest BCUT2D eigenvalue weighted by Gasteiger charge is 1.99. The maximum Gasteiger partial charge on any atom is 0.121 e. The second-order valence-electron chi connectivity index (χ2n) is 3.58. The fourth-order valence-electron chi connectivity index (χ4n) is 1.50. The number of hydrogen-bond acceptors (Lipinski definition) is 3. The monoisotopic (exact) mass is 208 g/mol. The molecule has 0 saturated carbocycles. The van der Waals surface area contributed by atoms with Crippen molar-refractivity contribution in [2.75, 3.05) is 27.2 Å². The number of likely N-dealkylation sites (N-methyl/N-ethyl adjacent to an activating group) is 1. The highest BCUT2D eigenvalue weighted by Crippen LogP contribution is 2.18. The summed E-state index contributed by atoms with van der Waals surface area (Å²) in [6, 6.07) is 6.27. The van der Waals surface area contributed by atoms with E-state index >= 15 is 0 Å². The Morgan fingerprint density at radius 2 is 2.07 bits per heavy atom. The fraction of sp³-hybridized carbons (Fsp3) is 0.500. The van der Waals surface area contributed by atoms with Crippen LogP contribution in [0.25, 0.3) is 0 Å². The molecule has 0 atom stereocenters. The van der Waals surface area contributed by atoms with Crippen molar-refractivity contribution in [1.82, 2.24) is 10.6 Å². The molecule has 0 unspecified atom stereocenters. The first-order valence-electron chi connectivity index (χ1n) is 5.26. The van der Waals surface area contributed by atoms with Crippen LogP contribution in [0.2, 0.25) is 0 Å². The SMILES string of the molecule is CNCCNCc1ccc(OC)c(C)c1. The molecule has 0 aliphatic carbocycles. The zero-order valence-electron chi connectivity index (χ0n) is 9.76. The zero-order chi connectivity index (χ0) is 11.1. The summed E-state index contributed by atoms with van der Waals surface area (Å²) in [6.45, 7) is 4.96. The lowest BCUT2D eigenvalue weighted by molar-refractivity contribution is 0.411. The smallest absolute Gasteiger partial charge is 0.121 e. The van der Waals surface area contributed by atoms with Gasteiger partial charge in [0, 0.05) is 19.6 Å². The maximum atomic E-state index is 5.21. The molecule has 3 heteroatoms. The molecule has 15 heavy (non-hydrogen) atoms. The van der Waals surface area contributed by atoms with E-state index in [1.807, 2.05) is 13.1 Å². The molecule has 0 aromatic heterocycles. The lowest BCUT2D eigenvalue weighted by Gasteiger charge is -2.08. The van der Waals surface area contributed by atoms with Gasteiger partial charge in [0.05, 0.1) is 7.11 Å². The molecular formula is C12H20N2O. The van der Waals surface area contributed by atoms with E-state index in [-0.39, 0.29) is 0 Å². The van der Waals surface area contributed by atoms with Gasteiger partial charge in [-0.2, -0.15) is 0 Å². The van der Waals surface area contributed by atoms with Crippen molar-refractivity contribution in [1.29, 1.82) is 0 Å². The van der Waals surface area contributed by atoms with E-state index in [1.54, 1.807) is 7.11 Å². The highest BCUT2D eigenvalue weighted by atomic mass is 16.5. The second kappa shape index (κ2) is 6.43. The Morgan fingerprint density at radius 3 is 2.67 bits per heavy atom. The number of methoxy groups -OCH3 is 1. The Hall–Kier alpha value is -1.06. The lowest BCUT2D eigenvalue weighted by atomic mass is 10.1. The molecule has 0 fully saturated rings. The third kappa shape index (κ3) is 3.90. The van der Waals surface area contributed by atoms with Crippen LogP contribution in [-0.4, -0.2) is 27.2 Å². The summed E-state index contributed by atoms with van der Waals surface area (Å²) in [7, 11) is 3.66. The molecule has 2 N–H and O–H groups in total. The Bertz CT molecular complexity index is 300. The number of rotatable bonds is 6. The van der Waals surface area contributed by atoms with Crippen LogP contribution in [0, 0.1) is 6.92 Å². The van der Waals surface area contributed by atoms with E-state index in [9.17, 15) is 0 Å². The Kier molecular flexibility index (Phi) is 5.15. The predicted molar refractivity (Wildman–Crippen MR) is 63.4 cm³/mol. The number of hydrogen-bond donors (Lipinski definition) is 2. The summed E-state index contributed by atoms with van der Waals surface area (Å²) >= 11 is 0. The van der Waals surface area contributed by atoms with Crippen LogP contribution in [0.3, 0.4) is 0 Å². The van der Waals surface area contributed by atoms with Crippen LogP contribution in [0.5, 0.6) is 5.75 Å². The minimum Gasteiger partial charge on any atom is -0.496 e. The molecule has 1 rings (SSSR count). The first-order valence-corrected chi connectivity index (χ1v) is 5.26. The van der Waals surface area contributed by atoms with Crippen LogP contribution < -0.4 is 15.4 Å². The van der Waals surface area contributed by atoms with E-state index in [2.05, 4.69) is 29.7 Å². The summed E-state index contributed by atoms with van der Waals surface area (Å²) in [4.78, 5) is 0. The molecule has 1 aromatic carbocycles. The van der Waals surface area contributed by atoms with E-state index in [0.717, 1.165) is 25.4 Å². The molecular weight excluding hydrogens is 188 g/mol. The van der Waals surface area contributed by atoms with Gasteiger partial charge < -0.3 is 15.4 Å². The van der Waals surface area contributed by atoms with Gasteiger partial charge in [-0.05, 0) is 31.2 Å². The van der Waals surface area contributed by atoms with Gasteiger partial charge in [0.1, 0.15) is 5.75 Å². The van der Waals surface area contributed by atoms with Gasteiger partial charge in [0.15, 0.2) is 0 Å². The molecule has 0 bridgehead atoms. The summed E-state index contributed by atoms with van der Waals surface area (Å²) in [5.41, 5.74) is 2.48. The first-order chi connectivity index (χ1) is 7.27. The predicted octanol–water partition coefficient (Wildman–Crippen LogP) is 1.31. The molecule has 1 aromatic rings. The topological polar surface area (TPSA) is 33.3 Å². The van der Waals surface area contributed by atoms with E-state index in [4.69, 9.17) is 4.74 Å². The van der Waals surface area contributed by atoms with Gasteiger partial charge in [-0.25, -0.2) is 0 Å². The minimum atomic E-state index is 0.909. The summed E-state index contributed by atoms with van der Waals surface area (Å²) < 4.78 is 5.21. The molecule has 84 valence electrons. The van der Waals surface area contributed by atoms with Crippen LogP contribution >= 0.6 is 0 Å². The van der Waals surface area contributed by atoms with Crippen molar-refractivity contribution in [2.45, 2.75) is 13.5 Å². The Labute approximate surface area is 91.8 Å².